The molecule has 0 bridgehead atoms. The molecule has 1 fully saturated rings. The first-order chi connectivity index (χ1) is 8.13. The van der Waals surface area contributed by atoms with Crippen molar-refractivity contribution in [2.45, 2.75) is 44.3 Å². The minimum absolute atomic E-state index is 0.104. The lowest BCUT2D eigenvalue weighted by atomic mass is 10.2. The van der Waals surface area contributed by atoms with E-state index in [-0.39, 0.29) is 16.3 Å². The van der Waals surface area contributed by atoms with Gasteiger partial charge in [0.1, 0.15) is 0 Å². The summed E-state index contributed by atoms with van der Waals surface area (Å²) in [5.41, 5.74) is 5.42. The van der Waals surface area contributed by atoms with E-state index in [1.807, 2.05) is 4.90 Å². The zero-order chi connectivity index (χ0) is 12.7. The summed E-state index contributed by atoms with van der Waals surface area (Å²) < 4.78 is 0. The average molecular weight is 258 g/mol. The largest absolute Gasteiger partial charge is 0.342 e. The molecule has 0 aromatic carbocycles. The molecule has 1 atom stereocenters. The Morgan fingerprint density at radius 2 is 2.12 bits per heavy atom. The summed E-state index contributed by atoms with van der Waals surface area (Å²) in [5, 5.41) is 0.275. The quantitative estimate of drug-likeness (QED) is 0.701. The predicted octanol–water partition coefficient (Wildman–Crippen LogP) is 1.39. The SMILES string of the molecule is CC(=O)SC1CC(=O)N(CCCCCCN)C1. The number of rotatable bonds is 7. The van der Waals surface area contributed by atoms with E-state index in [0.717, 1.165) is 45.3 Å². The van der Waals surface area contributed by atoms with E-state index in [1.165, 1.54) is 11.8 Å². The van der Waals surface area contributed by atoms with Crippen LogP contribution in [0.3, 0.4) is 0 Å². The van der Waals surface area contributed by atoms with Gasteiger partial charge in [-0.3, -0.25) is 9.59 Å². The Morgan fingerprint density at radius 3 is 2.76 bits per heavy atom. The van der Waals surface area contributed by atoms with E-state index in [0.29, 0.717) is 6.42 Å². The Hall–Kier alpha value is -0.550. The predicted molar refractivity (Wildman–Crippen MR) is 70.8 cm³/mol. The number of amides is 1. The molecule has 0 aromatic heterocycles. The first kappa shape index (κ1) is 14.5. The summed E-state index contributed by atoms with van der Waals surface area (Å²) in [6.45, 7) is 3.88. The van der Waals surface area contributed by atoms with Crippen LogP contribution in [-0.4, -0.2) is 40.8 Å². The Morgan fingerprint density at radius 1 is 1.41 bits per heavy atom. The molecule has 4 nitrogen and oxygen atoms in total. The van der Waals surface area contributed by atoms with Crippen LogP contribution in [0.5, 0.6) is 0 Å². The fourth-order valence-corrected chi connectivity index (χ4v) is 3.02. The molecule has 2 N–H and O–H groups in total. The molecule has 1 unspecified atom stereocenters. The van der Waals surface area contributed by atoms with Crippen LogP contribution in [0.2, 0.25) is 0 Å². The molecule has 98 valence electrons. The van der Waals surface area contributed by atoms with Crippen LogP contribution in [0.15, 0.2) is 0 Å². The maximum absolute atomic E-state index is 11.7. The highest BCUT2D eigenvalue weighted by Gasteiger charge is 2.30. The maximum Gasteiger partial charge on any atom is 0.223 e. The normalized spacial score (nSPS) is 20.0. The number of carbonyl (C=O) groups excluding carboxylic acids is 2. The van der Waals surface area contributed by atoms with Crippen molar-refractivity contribution in [2.24, 2.45) is 5.73 Å². The van der Waals surface area contributed by atoms with Crippen LogP contribution in [0.25, 0.3) is 0 Å². The molecule has 0 aromatic rings. The monoisotopic (exact) mass is 258 g/mol. The van der Waals surface area contributed by atoms with E-state index >= 15 is 0 Å². The second-order valence-electron chi connectivity index (χ2n) is 4.48. The van der Waals surface area contributed by atoms with Gasteiger partial charge in [0.05, 0.1) is 0 Å². The molecule has 1 amide bonds. The van der Waals surface area contributed by atoms with Gasteiger partial charge in [0.15, 0.2) is 5.12 Å². The van der Waals surface area contributed by atoms with Crippen molar-refractivity contribution in [3.63, 3.8) is 0 Å². The molecular formula is C12H22N2O2S. The van der Waals surface area contributed by atoms with E-state index in [4.69, 9.17) is 5.73 Å². The number of likely N-dealkylation sites (tertiary alicyclic amines) is 1. The lowest BCUT2D eigenvalue weighted by molar-refractivity contribution is -0.127. The molecule has 17 heavy (non-hydrogen) atoms. The Labute approximate surface area is 107 Å². The molecule has 1 aliphatic heterocycles. The minimum atomic E-state index is 0.104. The van der Waals surface area contributed by atoms with Gasteiger partial charge in [0.2, 0.25) is 5.91 Å². The van der Waals surface area contributed by atoms with Gasteiger partial charge in [-0.05, 0) is 19.4 Å². The third-order valence-corrected chi connectivity index (χ3v) is 3.87. The number of hydrogen-bond donors (Lipinski definition) is 1. The fourth-order valence-electron chi connectivity index (χ4n) is 2.07. The maximum atomic E-state index is 11.7. The van der Waals surface area contributed by atoms with Crippen LogP contribution in [0, 0.1) is 0 Å². The first-order valence-electron chi connectivity index (χ1n) is 6.28. The fraction of sp³-hybridized carbons (Fsp3) is 0.833. The molecule has 0 aliphatic carbocycles. The van der Waals surface area contributed by atoms with Gasteiger partial charge in [-0.15, -0.1) is 0 Å². The summed E-state index contributed by atoms with van der Waals surface area (Å²) in [4.78, 5) is 24.5. The average Bonchev–Trinajstić information content (AvgIpc) is 2.58. The topological polar surface area (TPSA) is 63.4 Å². The number of carbonyl (C=O) groups is 2. The number of unbranched alkanes of at least 4 members (excludes halogenated alkanes) is 3. The van der Waals surface area contributed by atoms with Gasteiger partial charge in [-0.25, -0.2) is 0 Å². The van der Waals surface area contributed by atoms with E-state index in [1.54, 1.807) is 6.92 Å². The third-order valence-electron chi connectivity index (χ3n) is 2.89. The van der Waals surface area contributed by atoms with Crippen molar-refractivity contribution in [1.29, 1.82) is 0 Å². The van der Waals surface area contributed by atoms with Gasteiger partial charge in [0, 0.05) is 31.7 Å². The van der Waals surface area contributed by atoms with E-state index in [2.05, 4.69) is 0 Å². The smallest absolute Gasteiger partial charge is 0.223 e. The Kier molecular flexibility index (Phi) is 6.58. The number of nitrogens with zero attached hydrogens (tertiary/aromatic N) is 1. The first-order valence-corrected chi connectivity index (χ1v) is 7.16. The van der Waals surface area contributed by atoms with Gasteiger partial charge in [0.25, 0.3) is 0 Å². The zero-order valence-electron chi connectivity index (χ0n) is 10.5. The summed E-state index contributed by atoms with van der Waals surface area (Å²) in [7, 11) is 0. The van der Waals surface area contributed by atoms with Crippen LogP contribution in [0.1, 0.15) is 39.0 Å². The van der Waals surface area contributed by atoms with Gasteiger partial charge in [-0.2, -0.15) is 0 Å². The third kappa shape index (κ3) is 5.55. The molecule has 0 radical (unpaired) electrons. The van der Waals surface area contributed by atoms with Gasteiger partial charge >= 0.3 is 0 Å². The van der Waals surface area contributed by atoms with Crippen molar-refractivity contribution >= 4 is 22.8 Å². The second-order valence-corrected chi connectivity index (χ2v) is 5.96. The van der Waals surface area contributed by atoms with Crippen LogP contribution < -0.4 is 5.73 Å². The van der Waals surface area contributed by atoms with Crippen LogP contribution in [-0.2, 0) is 9.59 Å². The van der Waals surface area contributed by atoms with Gasteiger partial charge in [-0.1, -0.05) is 24.6 Å². The summed E-state index contributed by atoms with van der Waals surface area (Å²) >= 11 is 1.30. The summed E-state index contributed by atoms with van der Waals surface area (Å²) in [5.74, 6) is 0.197. The molecule has 0 spiro atoms. The lowest BCUT2D eigenvalue weighted by Crippen LogP contribution is -2.26. The van der Waals surface area contributed by atoms with Crippen LogP contribution >= 0.6 is 11.8 Å². The second kappa shape index (κ2) is 7.71. The molecule has 0 saturated carbocycles. The number of hydrogen-bond acceptors (Lipinski definition) is 4. The highest BCUT2D eigenvalue weighted by Crippen LogP contribution is 2.24. The van der Waals surface area contributed by atoms with Crippen LogP contribution in [0.4, 0.5) is 0 Å². The molecule has 1 heterocycles. The Balaban J connectivity index is 2.17. The van der Waals surface area contributed by atoms with Crippen molar-refractivity contribution in [3.05, 3.63) is 0 Å². The molecule has 5 heteroatoms. The summed E-state index contributed by atoms with van der Waals surface area (Å²) in [6, 6.07) is 0. The molecule has 1 saturated heterocycles. The van der Waals surface area contributed by atoms with E-state index < -0.39 is 0 Å². The minimum Gasteiger partial charge on any atom is -0.342 e. The van der Waals surface area contributed by atoms with Crippen molar-refractivity contribution in [1.82, 2.24) is 4.90 Å². The Bertz CT molecular complexity index is 271. The standard InChI is InChI=1S/C12H22N2O2S/c1-10(15)17-11-8-12(16)14(9-11)7-5-3-2-4-6-13/h11H,2-9,13H2,1H3. The summed E-state index contributed by atoms with van der Waals surface area (Å²) in [6.07, 6.45) is 4.91. The van der Waals surface area contributed by atoms with E-state index in [9.17, 15) is 9.59 Å². The highest BCUT2D eigenvalue weighted by atomic mass is 32.2. The van der Waals surface area contributed by atoms with Gasteiger partial charge < -0.3 is 10.6 Å². The van der Waals surface area contributed by atoms with Crippen molar-refractivity contribution in [3.8, 4) is 0 Å². The number of nitrogens with two attached hydrogens (primary N) is 1. The zero-order valence-corrected chi connectivity index (χ0v) is 11.3. The van der Waals surface area contributed by atoms with Crippen molar-refractivity contribution < 1.29 is 9.59 Å². The molecule has 1 aliphatic rings. The lowest BCUT2D eigenvalue weighted by Gasteiger charge is -2.15. The number of thioether (sulfide) groups is 1. The molecular weight excluding hydrogens is 236 g/mol. The highest BCUT2D eigenvalue weighted by molar-refractivity contribution is 8.14. The molecule has 1 rings (SSSR count). The van der Waals surface area contributed by atoms with Crippen molar-refractivity contribution in [2.75, 3.05) is 19.6 Å².